The second-order valence-electron chi connectivity index (χ2n) is 6.19. The maximum Gasteiger partial charge on any atom is 0.213 e. The highest BCUT2D eigenvalue weighted by atomic mass is 127. The SMILES string of the molecule is CN=C(NCCS(=O)(=O)NCC1CCC1)N(C)CCc1cccs1.I. The van der Waals surface area contributed by atoms with Crippen LogP contribution in [0.5, 0.6) is 0 Å². The molecule has 0 atom stereocenters. The quantitative estimate of drug-likeness (QED) is 0.310. The molecule has 0 aromatic carbocycles. The molecule has 0 saturated heterocycles. The van der Waals surface area contributed by atoms with Crippen LogP contribution in [0, 0.1) is 5.92 Å². The smallest absolute Gasteiger partial charge is 0.213 e. The Morgan fingerprint density at radius 2 is 2.20 bits per heavy atom. The van der Waals surface area contributed by atoms with Crippen LogP contribution in [0.25, 0.3) is 0 Å². The third kappa shape index (κ3) is 8.23. The first kappa shape index (κ1) is 22.7. The van der Waals surface area contributed by atoms with Crippen molar-refractivity contribution in [2.75, 3.05) is 39.5 Å². The number of guanidine groups is 1. The minimum Gasteiger partial charge on any atom is -0.355 e. The number of halogens is 1. The van der Waals surface area contributed by atoms with Crippen LogP contribution < -0.4 is 10.0 Å². The van der Waals surface area contributed by atoms with Gasteiger partial charge in [0.15, 0.2) is 5.96 Å². The molecule has 1 aliphatic rings. The Bertz CT molecular complexity index is 616. The fourth-order valence-electron chi connectivity index (χ4n) is 2.53. The van der Waals surface area contributed by atoms with E-state index in [1.807, 2.05) is 11.9 Å². The predicted molar refractivity (Wildman–Crippen MR) is 117 cm³/mol. The molecule has 1 aromatic heterocycles. The van der Waals surface area contributed by atoms with E-state index in [4.69, 9.17) is 0 Å². The van der Waals surface area contributed by atoms with Crippen LogP contribution in [0.15, 0.2) is 22.5 Å². The minimum absolute atomic E-state index is 0. The summed E-state index contributed by atoms with van der Waals surface area (Å²) in [6.45, 7) is 1.78. The molecule has 9 heteroatoms. The third-order valence-corrected chi connectivity index (χ3v) is 6.60. The molecular weight excluding hydrogens is 471 g/mol. The topological polar surface area (TPSA) is 73.8 Å². The lowest BCUT2D eigenvalue weighted by atomic mass is 9.86. The van der Waals surface area contributed by atoms with Crippen molar-refractivity contribution in [3.8, 4) is 0 Å². The van der Waals surface area contributed by atoms with Crippen LogP contribution in [0.4, 0.5) is 0 Å². The Morgan fingerprint density at radius 1 is 1.44 bits per heavy atom. The van der Waals surface area contributed by atoms with E-state index in [9.17, 15) is 8.42 Å². The van der Waals surface area contributed by atoms with Crippen molar-refractivity contribution in [3.05, 3.63) is 22.4 Å². The highest BCUT2D eigenvalue weighted by Gasteiger charge is 2.20. The number of hydrogen-bond donors (Lipinski definition) is 2. The Kier molecular flexibility index (Phi) is 10.3. The van der Waals surface area contributed by atoms with E-state index < -0.39 is 10.0 Å². The van der Waals surface area contributed by atoms with Gasteiger partial charge in [-0.3, -0.25) is 4.99 Å². The molecule has 1 aliphatic carbocycles. The second-order valence-corrected chi connectivity index (χ2v) is 9.15. The average Bonchev–Trinajstić information content (AvgIpc) is 3.01. The molecule has 6 nitrogen and oxygen atoms in total. The van der Waals surface area contributed by atoms with E-state index in [1.165, 1.54) is 11.3 Å². The van der Waals surface area contributed by atoms with Crippen LogP contribution in [0.1, 0.15) is 24.1 Å². The number of rotatable bonds is 9. The normalized spacial score (nSPS) is 15.4. The summed E-state index contributed by atoms with van der Waals surface area (Å²) in [6, 6.07) is 4.17. The van der Waals surface area contributed by atoms with Crippen LogP contribution in [-0.4, -0.2) is 58.8 Å². The molecule has 0 radical (unpaired) electrons. The van der Waals surface area contributed by atoms with Crippen molar-refractivity contribution in [2.24, 2.45) is 10.9 Å². The van der Waals surface area contributed by atoms with Crippen molar-refractivity contribution in [3.63, 3.8) is 0 Å². The summed E-state index contributed by atoms with van der Waals surface area (Å²) >= 11 is 1.75. The fourth-order valence-corrected chi connectivity index (χ4v) is 4.24. The zero-order chi connectivity index (χ0) is 17.4. The number of sulfonamides is 1. The van der Waals surface area contributed by atoms with Crippen molar-refractivity contribution in [2.45, 2.75) is 25.7 Å². The summed E-state index contributed by atoms with van der Waals surface area (Å²) in [6.07, 6.45) is 4.46. The number of thiophene rings is 1. The van der Waals surface area contributed by atoms with Gasteiger partial charge in [-0.05, 0) is 36.6 Å². The van der Waals surface area contributed by atoms with E-state index in [-0.39, 0.29) is 29.7 Å². The van der Waals surface area contributed by atoms with Gasteiger partial charge in [0, 0.05) is 38.6 Å². The fraction of sp³-hybridized carbons (Fsp3) is 0.688. The molecular formula is C16H29IN4O2S2. The molecule has 2 rings (SSSR count). The molecule has 1 saturated carbocycles. The molecule has 25 heavy (non-hydrogen) atoms. The molecule has 0 unspecified atom stereocenters. The largest absolute Gasteiger partial charge is 0.355 e. The first-order chi connectivity index (χ1) is 11.5. The predicted octanol–water partition coefficient (Wildman–Crippen LogP) is 2.14. The van der Waals surface area contributed by atoms with Crippen LogP contribution in [0.2, 0.25) is 0 Å². The first-order valence-electron chi connectivity index (χ1n) is 8.41. The summed E-state index contributed by atoms with van der Waals surface area (Å²) < 4.78 is 26.7. The summed E-state index contributed by atoms with van der Waals surface area (Å²) in [4.78, 5) is 7.58. The first-order valence-corrected chi connectivity index (χ1v) is 10.9. The summed E-state index contributed by atoms with van der Waals surface area (Å²) in [5, 5.41) is 5.20. The Labute approximate surface area is 172 Å². The van der Waals surface area contributed by atoms with Gasteiger partial charge in [0.1, 0.15) is 0 Å². The summed E-state index contributed by atoms with van der Waals surface area (Å²) in [5.41, 5.74) is 0. The van der Waals surface area contributed by atoms with Gasteiger partial charge in [0.25, 0.3) is 0 Å². The zero-order valence-corrected chi connectivity index (χ0v) is 18.9. The molecule has 0 aliphatic heterocycles. The highest BCUT2D eigenvalue weighted by Crippen LogP contribution is 2.25. The van der Waals surface area contributed by atoms with E-state index in [1.54, 1.807) is 18.4 Å². The molecule has 0 amide bonds. The number of nitrogens with one attached hydrogen (secondary N) is 2. The zero-order valence-electron chi connectivity index (χ0n) is 14.9. The maximum absolute atomic E-state index is 12.0. The van der Waals surface area contributed by atoms with Crippen LogP contribution in [-0.2, 0) is 16.4 Å². The number of nitrogens with zero attached hydrogens (tertiary/aromatic N) is 2. The van der Waals surface area contributed by atoms with Gasteiger partial charge < -0.3 is 10.2 Å². The van der Waals surface area contributed by atoms with Gasteiger partial charge in [0.2, 0.25) is 10.0 Å². The van der Waals surface area contributed by atoms with Crippen molar-refractivity contribution >= 4 is 51.3 Å². The monoisotopic (exact) mass is 500 g/mol. The van der Waals surface area contributed by atoms with Crippen molar-refractivity contribution in [1.29, 1.82) is 0 Å². The number of likely N-dealkylation sites (N-methyl/N-ethyl adjacent to an activating group) is 1. The van der Waals surface area contributed by atoms with E-state index in [0.717, 1.165) is 31.8 Å². The molecule has 2 N–H and O–H groups in total. The number of hydrogen-bond acceptors (Lipinski definition) is 4. The Balaban J connectivity index is 0.00000312. The van der Waals surface area contributed by atoms with Gasteiger partial charge in [-0.15, -0.1) is 35.3 Å². The van der Waals surface area contributed by atoms with Gasteiger partial charge in [-0.25, -0.2) is 13.1 Å². The average molecular weight is 500 g/mol. The lowest BCUT2D eigenvalue weighted by Crippen LogP contribution is -2.43. The summed E-state index contributed by atoms with van der Waals surface area (Å²) in [5.74, 6) is 1.32. The molecule has 0 spiro atoms. The van der Waals surface area contributed by atoms with Gasteiger partial charge in [-0.2, -0.15) is 0 Å². The lowest BCUT2D eigenvalue weighted by Gasteiger charge is -2.25. The Morgan fingerprint density at radius 3 is 2.76 bits per heavy atom. The van der Waals surface area contributed by atoms with Crippen LogP contribution >= 0.6 is 35.3 Å². The Hall–Kier alpha value is -0.390. The second kappa shape index (κ2) is 11.3. The van der Waals surface area contributed by atoms with Crippen molar-refractivity contribution < 1.29 is 8.42 Å². The van der Waals surface area contributed by atoms with E-state index >= 15 is 0 Å². The minimum atomic E-state index is -3.21. The lowest BCUT2D eigenvalue weighted by molar-refractivity contribution is 0.316. The maximum atomic E-state index is 12.0. The van der Waals surface area contributed by atoms with Gasteiger partial charge in [-0.1, -0.05) is 12.5 Å². The molecule has 144 valence electrons. The standard InChI is InChI=1S/C16H28N4O2S2.HI/c1-17-16(20(2)10-8-15-7-4-11-23-15)18-9-12-24(21,22)19-13-14-5-3-6-14;/h4,7,11,14,19H,3,5-6,8-10,12-13H2,1-2H3,(H,17,18);1H. The van der Waals surface area contributed by atoms with Gasteiger partial charge >= 0.3 is 0 Å². The molecule has 1 fully saturated rings. The van der Waals surface area contributed by atoms with E-state index in [0.29, 0.717) is 19.0 Å². The molecule has 1 aromatic rings. The summed E-state index contributed by atoms with van der Waals surface area (Å²) in [7, 11) is 0.466. The molecule has 0 bridgehead atoms. The number of aliphatic imine (C=N–C) groups is 1. The van der Waals surface area contributed by atoms with Gasteiger partial charge in [0.05, 0.1) is 5.75 Å². The third-order valence-electron chi connectivity index (χ3n) is 4.32. The van der Waals surface area contributed by atoms with Crippen molar-refractivity contribution in [1.82, 2.24) is 14.9 Å². The molecule has 1 heterocycles. The van der Waals surface area contributed by atoms with E-state index in [2.05, 4.69) is 32.5 Å². The highest BCUT2D eigenvalue weighted by molar-refractivity contribution is 14.0. The van der Waals surface area contributed by atoms with Crippen LogP contribution in [0.3, 0.4) is 0 Å².